The smallest absolute Gasteiger partial charge is 0.474 e. The van der Waals surface area contributed by atoms with Crippen LogP contribution in [0.5, 0.6) is 5.88 Å². The van der Waals surface area contributed by atoms with Crippen LogP contribution in [0.3, 0.4) is 0 Å². The van der Waals surface area contributed by atoms with Crippen LogP contribution in [-0.2, 0) is 20.5 Å². The number of carbonyl (C=O) groups is 1. The molecule has 2 aliphatic heterocycles. The van der Waals surface area contributed by atoms with E-state index in [1.54, 1.807) is 11.1 Å². The molecule has 1 aromatic heterocycles. The lowest BCUT2D eigenvalue weighted by Crippen LogP contribution is -2.45. The molecule has 0 aliphatic carbocycles. The maximum Gasteiger partial charge on any atom is 0.496 e. The number of hydrogen-bond acceptors (Lipinski definition) is 6. The maximum atomic E-state index is 12.8. The van der Waals surface area contributed by atoms with E-state index in [1.807, 2.05) is 55.4 Å². The van der Waals surface area contributed by atoms with Gasteiger partial charge < -0.3 is 18.8 Å². The number of rotatable bonds is 2. The Morgan fingerprint density at radius 1 is 1.25 bits per heavy atom. The predicted octanol–water partition coefficient (Wildman–Crippen LogP) is 3.08. The van der Waals surface area contributed by atoms with E-state index in [-0.39, 0.29) is 0 Å². The molecule has 0 bridgehead atoms. The van der Waals surface area contributed by atoms with Gasteiger partial charge in [-0.25, -0.2) is 9.78 Å². The van der Waals surface area contributed by atoms with Crippen LogP contribution in [0.2, 0.25) is 0 Å². The number of amides is 1. The highest BCUT2D eigenvalue weighted by molar-refractivity contribution is 6.62. The largest absolute Gasteiger partial charge is 0.496 e. The zero-order valence-electron chi connectivity index (χ0n) is 18.2. The van der Waals surface area contributed by atoms with Crippen LogP contribution < -0.4 is 15.1 Å². The number of carbonyl (C=O) groups excluding carboxylic acids is 1. The summed E-state index contributed by atoms with van der Waals surface area (Å²) in [5, 5.41) is 0. The minimum Gasteiger partial charge on any atom is -0.474 e. The van der Waals surface area contributed by atoms with E-state index in [2.05, 4.69) is 4.98 Å². The summed E-state index contributed by atoms with van der Waals surface area (Å²) in [4.78, 5) is 18.9. The second-order valence-electron chi connectivity index (χ2n) is 9.27. The SMILES string of the molecule is CCc1c(B2OC(C)(C)C(C)(C)O2)cnc2c1N(C(=O)OC(C)(C)C)CCO2. The van der Waals surface area contributed by atoms with E-state index >= 15 is 0 Å². The highest BCUT2D eigenvalue weighted by Gasteiger charge is 2.52. The van der Waals surface area contributed by atoms with Crippen LogP contribution in [0.4, 0.5) is 10.5 Å². The van der Waals surface area contributed by atoms with Gasteiger partial charge in [-0.1, -0.05) is 6.92 Å². The Bertz CT molecular complexity index is 757. The highest BCUT2D eigenvalue weighted by atomic mass is 16.7. The quantitative estimate of drug-likeness (QED) is 0.723. The van der Waals surface area contributed by atoms with Crippen molar-refractivity contribution in [2.45, 2.75) is 78.6 Å². The third-order valence-electron chi connectivity index (χ3n) is 5.46. The molecule has 0 radical (unpaired) electrons. The third-order valence-corrected chi connectivity index (χ3v) is 5.46. The molecule has 1 amide bonds. The molecular weight excluding hydrogens is 359 g/mol. The number of fused-ring (bicyclic) bond motifs is 1. The average Bonchev–Trinajstić information content (AvgIpc) is 2.79. The summed E-state index contributed by atoms with van der Waals surface area (Å²) in [6.45, 7) is 16.4. The third kappa shape index (κ3) is 3.72. The predicted molar refractivity (Wildman–Crippen MR) is 108 cm³/mol. The van der Waals surface area contributed by atoms with Crippen molar-refractivity contribution >= 4 is 24.4 Å². The first-order chi connectivity index (χ1) is 12.9. The molecule has 28 heavy (non-hydrogen) atoms. The van der Waals surface area contributed by atoms with Gasteiger partial charge in [0.15, 0.2) is 0 Å². The molecule has 1 saturated heterocycles. The summed E-state index contributed by atoms with van der Waals surface area (Å²) in [6, 6.07) is 0. The first-order valence-electron chi connectivity index (χ1n) is 9.87. The van der Waals surface area contributed by atoms with Crippen molar-refractivity contribution < 1.29 is 23.6 Å². The first kappa shape index (κ1) is 20.9. The van der Waals surface area contributed by atoms with Crippen LogP contribution in [0, 0.1) is 0 Å². The van der Waals surface area contributed by atoms with Crippen LogP contribution >= 0.6 is 0 Å². The molecule has 0 spiro atoms. The molecule has 1 fully saturated rings. The van der Waals surface area contributed by atoms with Gasteiger partial charge in [-0.15, -0.1) is 0 Å². The lowest BCUT2D eigenvalue weighted by molar-refractivity contribution is 0.00578. The number of nitrogens with zero attached hydrogens (tertiary/aromatic N) is 2. The van der Waals surface area contributed by atoms with Crippen LogP contribution in [0.15, 0.2) is 6.20 Å². The zero-order chi connectivity index (χ0) is 20.9. The number of hydrogen-bond donors (Lipinski definition) is 0. The van der Waals surface area contributed by atoms with E-state index in [0.29, 0.717) is 31.1 Å². The second kappa shape index (κ2) is 6.92. The molecule has 0 unspecified atom stereocenters. The van der Waals surface area contributed by atoms with E-state index < -0.39 is 30.0 Å². The Labute approximate surface area is 167 Å². The highest BCUT2D eigenvalue weighted by Crippen LogP contribution is 2.39. The number of anilines is 1. The van der Waals surface area contributed by atoms with Gasteiger partial charge >= 0.3 is 13.2 Å². The summed E-state index contributed by atoms with van der Waals surface area (Å²) in [5.41, 5.74) is 0.890. The van der Waals surface area contributed by atoms with E-state index in [0.717, 1.165) is 11.0 Å². The summed E-state index contributed by atoms with van der Waals surface area (Å²) >= 11 is 0. The van der Waals surface area contributed by atoms with Gasteiger partial charge in [-0.2, -0.15) is 0 Å². The van der Waals surface area contributed by atoms with Gasteiger partial charge in [0.2, 0.25) is 5.88 Å². The molecule has 154 valence electrons. The Balaban J connectivity index is 2.03. The van der Waals surface area contributed by atoms with Crippen LogP contribution in [0.1, 0.15) is 61.0 Å². The van der Waals surface area contributed by atoms with Crippen LogP contribution in [0.25, 0.3) is 0 Å². The van der Waals surface area contributed by atoms with Gasteiger partial charge in [-0.3, -0.25) is 4.90 Å². The topological polar surface area (TPSA) is 70.1 Å². The molecule has 0 aromatic carbocycles. The lowest BCUT2D eigenvalue weighted by atomic mass is 9.76. The van der Waals surface area contributed by atoms with E-state index in [1.165, 1.54) is 0 Å². The molecule has 8 heteroatoms. The number of aromatic nitrogens is 1. The van der Waals surface area contributed by atoms with Crippen molar-refractivity contribution in [3.8, 4) is 5.88 Å². The van der Waals surface area contributed by atoms with Gasteiger partial charge in [0.25, 0.3) is 0 Å². The van der Waals surface area contributed by atoms with Gasteiger partial charge in [0.05, 0.1) is 17.7 Å². The summed E-state index contributed by atoms with van der Waals surface area (Å²) in [7, 11) is -0.555. The Hall–Kier alpha value is -1.80. The summed E-state index contributed by atoms with van der Waals surface area (Å²) in [5.74, 6) is 0.439. The Kier molecular flexibility index (Phi) is 5.17. The first-order valence-corrected chi connectivity index (χ1v) is 9.87. The van der Waals surface area contributed by atoms with E-state index in [9.17, 15) is 4.79 Å². The van der Waals surface area contributed by atoms with Crippen molar-refractivity contribution in [3.05, 3.63) is 11.8 Å². The fourth-order valence-electron chi connectivity index (χ4n) is 3.31. The van der Waals surface area contributed by atoms with Crippen molar-refractivity contribution in [2.75, 3.05) is 18.1 Å². The zero-order valence-corrected chi connectivity index (χ0v) is 18.2. The fourth-order valence-corrected chi connectivity index (χ4v) is 3.31. The Morgan fingerprint density at radius 3 is 2.39 bits per heavy atom. The van der Waals surface area contributed by atoms with Gasteiger partial charge in [0.1, 0.15) is 17.9 Å². The standard InChI is InChI=1S/C20H31BN2O5/c1-9-13-14(21-27-19(5,6)20(7,8)28-21)12-22-16-15(13)23(10-11-25-16)17(24)26-18(2,3)4/h12H,9-11H2,1-8H3. The number of ether oxygens (including phenoxy) is 2. The van der Waals surface area contributed by atoms with Gasteiger partial charge in [-0.05, 0) is 60.5 Å². The molecule has 7 nitrogen and oxygen atoms in total. The normalized spacial score (nSPS) is 20.6. The average molecular weight is 390 g/mol. The lowest BCUT2D eigenvalue weighted by Gasteiger charge is -2.33. The summed E-state index contributed by atoms with van der Waals surface area (Å²) < 4.78 is 23.8. The van der Waals surface area contributed by atoms with Crippen molar-refractivity contribution in [3.63, 3.8) is 0 Å². The Morgan fingerprint density at radius 2 is 1.86 bits per heavy atom. The molecule has 3 rings (SSSR count). The number of pyridine rings is 1. The molecule has 0 saturated carbocycles. The van der Waals surface area contributed by atoms with Crippen LogP contribution in [-0.4, -0.2) is 48.2 Å². The molecule has 2 aliphatic rings. The maximum absolute atomic E-state index is 12.8. The molecule has 0 N–H and O–H groups in total. The van der Waals surface area contributed by atoms with Crippen molar-refractivity contribution in [2.24, 2.45) is 0 Å². The minimum absolute atomic E-state index is 0.373. The van der Waals surface area contributed by atoms with Crippen molar-refractivity contribution in [1.29, 1.82) is 0 Å². The molecule has 0 atom stereocenters. The fraction of sp³-hybridized carbons (Fsp3) is 0.700. The minimum atomic E-state index is -0.585. The van der Waals surface area contributed by atoms with Crippen molar-refractivity contribution in [1.82, 2.24) is 4.98 Å². The molecule has 1 aromatic rings. The monoisotopic (exact) mass is 390 g/mol. The summed E-state index contributed by atoms with van der Waals surface area (Å²) in [6.07, 6.45) is 2.00. The molecular formula is C20H31BN2O5. The van der Waals surface area contributed by atoms with Gasteiger partial charge in [0, 0.05) is 11.7 Å². The van der Waals surface area contributed by atoms with E-state index in [4.69, 9.17) is 18.8 Å². The second-order valence-corrected chi connectivity index (χ2v) is 9.27. The molecule has 3 heterocycles.